The van der Waals surface area contributed by atoms with Crippen LogP contribution in [0.4, 0.5) is 0 Å². The van der Waals surface area contributed by atoms with E-state index < -0.39 is 9.84 Å². The second-order valence-corrected chi connectivity index (χ2v) is 9.23. The summed E-state index contributed by atoms with van der Waals surface area (Å²) in [6.07, 6.45) is 0. The topological polar surface area (TPSA) is 95.4 Å². The summed E-state index contributed by atoms with van der Waals surface area (Å²) in [5.41, 5.74) is 2.54. The van der Waals surface area contributed by atoms with Crippen molar-refractivity contribution in [3.05, 3.63) is 77.6 Å². The normalized spacial score (nSPS) is 11.5. The monoisotopic (exact) mass is 438 g/mol. The Morgan fingerprint density at radius 2 is 1.81 bits per heavy atom. The molecule has 7 nitrogen and oxygen atoms in total. The number of rotatable bonds is 8. The van der Waals surface area contributed by atoms with Crippen LogP contribution in [0.2, 0.25) is 0 Å². The molecule has 0 aliphatic rings. The summed E-state index contributed by atoms with van der Waals surface area (Å²) in [6.45, 7) is 4.44. The first-order chi connectivity index (χ1) is 14.9. The van der Waals surface area contributed by atoms with Crippen LogP contribution in [-0.4, -0.2) is 25.2 Å². The van der Waals surface area contributed by atoms with Crippen LogP contribution >= 0.6 is 0 Å². The van der Waals surface area contributed by atoms with Gasteiger partial charge in [0.15, 0.2) is 15.6 Å². The van der Waals surface area contributed by atoms with Crippen LogP contribution in [0.15, 0.2) is 69.6 Å². The second kappa shape index (κ2) is 8.77. The van der Waals surface area contributed by atoms with E-state index in [-0.39, 0.29) is 17.4 Å². The number of nitrogens with zero attached hydrogens (tertiary/aromatic N) is 2. The molecule has 0 bridgehead atoms. The van der Waals surface area contributed by atoms with E-state index in [1.165, 1.54) is 0 Å². The summed E-state index contributed by atoms with van der Waals surface area (Å²) in [7, 11) is -3.39. The molecular formula is C23H22N2O5S. The zero-order chi connectivity index (χ0) is 21.8. The number of sulfone groups is 1. The average Bonchev–Trinajstić information content (AvgIpc) is 3.38. The molecule has 2 aromatic carbocycles. The molecule has 0 amide bonds. The zero-order valence-corrected chi connectivity index (χ0v) is 18.1. The predicted octanol–water partition coefficient (Wildman–Crippen LogP) is 4.82. The summed E-state index contributed by atoms with van der Waals surface area (Å²) in [5, 5.41) is 3.98. The van der Waals surface area contributed by atoms with Crippen molar-refractivity contribution in [2.75, 3.05) is 6.61 Å². The van der Waals surface area contributed by atoms with Crippen LogP contribution in [0.1, 0.15) is 23.8 Å². The Bertz CT molecular complexity index is 1270. The molecular weight excluding hydrogens is 416 g/mol. The molecule has 8 heteroatoms. The molecule has 31 heavy (non-hydrogen) atoms. The van der Waals surface area contributed by atoms with Gasteiger partial charge in [0.2, 0.25) is 5.82 Å². The van der Waals surface area contributed by atoms with Crippen molar-refractivity contribution >= 4 is 9.84 Å². The lowest BCUT2D eigenvalue weighted by Gasteiger charge is -2.04. The Morgan fingerprint density at radius 3 is 2.55 bits per heavy atom. The lowest BCUT2D eigenvalue weighted by Crippen LogP contribution is -2.07. The molecule has 0 unspecified atom stereocenters. The Kier molecular flexibility index (Phi) is 5.90. The quantitative estimate of drug-likeness (QED) is 0.389. The molecule has 0 aliphatic carbocycles. The smallest absolute Gasteiger partial charge is 0.293 e. The molecule has 0 saturated carbocycles. The fourth-order valence-corrected chi connectivity index (χ4v) is 4.58. The van der Waals surface area contributed by atoms with E-state index in [0.717, 1.165) is 22.4 Å². The van der Waals surface area contributed by atoms with Gasteiger partial charge in [-0.25, -0.2) is 8.42 Å². The van der Waals surface area contributed by atoms with Gasteiger partial charge in [0, 0.05) is 5.56 Å². The van der Waals surface area contributed by atoms with Gasteiger partial charge in [-0.15, -0.1) is 0 Å². The van der Waals surface area contributed by atoms with E-state index in [4.69, 9.17) is 13.7 Å². The summed E-state index contributed by atoms with van der Waals surface area (Å²) in [5.74, 6) is 1.74. The summed E-state index contributed by atoms with van der Waals surface area (Å²) < 4.78 is 41.5. The molecule has 0 N–H and O–H groups in total. The molecule has 0 aliphatic heterocycles. The van der Waals surface area contributed by atoms with Gasteiger partial charge in [-0.3, -0.25) is 0 Å². The summed E-state index contributed by atoms with van der Waals surface area (Å²) in [4.78, 5) is 4.35. The fourth-order valence-electron chi connectivity index (χ4n) is 3.20. The predicted molar refractivity (Wildman–Crippen MR) is 116 cm³/mol. The molecule has 4 aromatic rings. The maximum absolute atomic E-state index is 12.6. The first-order valence-corrected chi connectivity index (χ1v) is 11.7. The highest BCUT2D eigenvalue weighted by Crippen LogP contribution is 2.26. The van der Waals surface area contributed by atoms with Gasteiger partial charge in [0.25, 0.3) is 5.89 Å². The van der Waals surface area contributed by atoms with Gasteiger partial charge >= 0.3 is 0 Å². The number of benzene rings is 2. The van der Waals surface area contributed by atoms with Gasteiger partial charge in [-0.1, -0.05) is 35.0 Å². The van der Waals surface area contributed by atoms with Crippen molar-refractivity contribution in [2.45, 2.75) is 25.4 Å². The maximum Gasteiger partial charge on any atom is 0.293 e. The Labute approximate surface area is 180 Å². The number of ether oxygens (including phenoxy) is 1. The van der Waals surface area contributed by atoms with Gasteiger partial charge in [-0.2, -0.15) is 4.98 Å². The third-order valence-electron chi connectivity index (χ3n) is 4.55. The lowest BCUT2D eigenvalue weighted by molar-refractivity contribution is 0.340. The number of furan rings is 1. The first-order valence-electron chi connectivity index (χ1n) is 9.84. The molecule has 0 fully saturated rings. The Morgan fingerprint density at radius 1 is 1.00 bits per heavy atom. The van der Waals surface area contributed by atoms with E-state index in [1.807, 2.05) is 56.3 Å². The lowest BCUT2D eigenvalue weighted by atomic mass is 10.2. The number of aromatic nitrogens is 2. The molecule has 2 aromatic heterocycles. The van der Waals surface area contributed by atoms with E-state index in [9.17, 15) is 8.42 Å². The molecule has 0 saturated heterocycles. The molecule has 0 atom stereocenters. The maximum atomic E-state index is 12.6. The van der Waals surface area contributed by atoms with Gasteiger partial charge < -0.3 is 13.7 Å². The Balaban J connectivity index is 1.46. The minimum absolute atomic E-state index is 0.0485. The minimum atomic E-state index is -3.39. The van der Waals surface area contributed by atoms with Crippen LogP contribution in [0.25, 0.3) is 23.0 Å². The van der Waals surface area contributed by atoms with Crippen molar-refractivity contribution in [2.24, 2.45) is 0 Å². The SMILES string of the molecule is CCOc1ccc(-c2noc(-c3ccc(CS(=O)(=O)Cc4cccc(C)c4)o3)n2)cc1. The van der Waals surface area contributed by atoms with E-state index in [2.05, 4.69) is 10.1 Å². The van der Waals surface area contributed by atoms with Crippen LogP contribution in [-0.2, 0) is 21.3 Å². The molecule has 4 rings (SSSR count). The fraction of sp³-hybridized carbons (Fsp3) is 0.217. The van der Waals surface area contributed by atoms with Gasteiger partial charge in [0.1, 0.15) is 17.3 Å². The highest BCUT2D eigenvalue weighted by Gasteiger charge is 2.19. The third-order valence-corrected chi connectivity index (χ3v) is 6.05. The number of hydrogen-bond donors (Lipinski definition) is 0. The van der Waals surface area contributed by atoms with Crippen LogP contribution < -0.4 is 4.74 Å². The van der Waals surface area contributed by atoms with Gasteiger partial charge in [-0.05, 0) is 55.8 Å². The number of hydrogen-bond acceptors (Lipinski definition) is 7. The third kappa shape index (κ3) is 5.21. The highest BCUT2D eigenvalue weighted by molar-refractivity contribution is 7.89. The van der Waals surface area contributed by atoms with Crippen molar-refractivity contribution in [1.29, 1.82) is 0 Å². The van der Waals surface area contributed by atoms with Crippen molar-refractivity contribution in [3.8, 4) is 28.8 Å². The van der Waals surface area contributed by atoms with Crippen molar-refractivity contribution in [1.82, 2.24) is 10.1 Å². The molecule has 160 valence electrons. The standard InChI is InChI=1S/C23H22N2O5S/c1-3-28-19-9-7-18(8-10-19)22-24-23(30-25-22)21-12-11-20(29-21)15-31(26,27)14-17-6-4-5-16(2)13-17/h4-13H,3,14-15H2,1-2H3. The van der Waals surface area contributed by atoms with E-state index >= 15 is 0 Å². The molecule has 0 spiro atoms. The minimum Gasteiger partial charge on any atom is -0.494 e. The largest absolute Gasteiger partial charge is 0.494 e. The number of aryl methyl sites for hydroxylation is 1. The van der Waals surface area contributed by atoms with Crippen molar-refractivity contribution < 1.29 is 22.1 Å². The van der Waals surface area contributed by atoms with E-state index in [0.29, 0.717) is 24.0 Å². The average molecular weight is 439 g/mol. The van der Waals surface area contributed by atoms with E-state index in [1.54, 1.807) is 18.2 Å². The summed E-state index contributed by atoms with van der Waals surface area (Å²) >= 11 is 0. The molecule has 2 heterocycles. The highest BCUT2D eigenvalue weighted by atomic mass is 32.2. The summed E-state index contributed by atoms with van der Waals surface area (Å²) in [6, 6.07) is 18.0. The van der Waals surface area contributed by atoms with Crippen molar-refractivity contribution in [3.63, 3.8) is 0 Å². The zero-order valence-electron chi connectivity index (χ0n) is 17.2. The van der Waals surface area contributed by atoms with Crippen LogP contribution in [0, 0.1) is 6.92 Å². The second-order valence-electron chi connectivity index (χ2n) is 7.17. The van der Waals surface area contributed by atoms with Gasteiger partial charge in [0.05, 0.1) is 12.4 Å². The Hall–Kier alpha value is -3.39. The molecule has 0 radical (unpaired) electrons. The van der Waals surface area contributed by atoms with Crippen LogP contribution in [0.5, 0.6) is 5.75 Å². The van der Waals surface area contributed by atoms with Crippen LogP contribution in [0.3, 0.4) is 0 Å². The first kappa shape index (κ1) is 20.9.